The average Bonchev–Trinajstić information content (AvgIpc) is 3.12. The Morgan fingerprint density at radius 1 is 0.839 bits per heavy atom. The Balaban J connectivity index is 1.91. The molecule has 4 nitrogen and oxygen atoms in total. The Morgan fingerprint density at radius 3 is 1.65 bits per heavy atom. The summed E-state index contributed by atoms with van der Waals surface area (Å²) in [7, 11) is 1.19. The minimum atomic E-state index is -4.51. The standard InChI is InChI=1S/C24H42F3N3O/c1-3-4-5-6-7-8-9-10-11-12-13-14-15-16-17-18-19-28-23(31)21-20-22(24(25,26)27)30(2)29-21/h20H,3-19H2,1-2H3,(H,28,31). The Bertz CT molecular complexity index is 599. The van der Waals surface area contributed by atoms with Crippen molar-refractivity contribution in [2.45, 2.75) is 116 Å². The first-order chi connectivity index (χ1) is 14.9. The first kappa shape index (κ1) is 27.5. The summed E-state index contributed by atoms with van der Waals surface area (Å²) in [4.78, 5) is 11.9. The van der Waals surface area contributed by atoms with Crippen molar-refractivity contribution in [3.8, 4) is 0 Å². The fourth-order valence-electron chi connectivity index (χ4n) is 3.81. The van der Waals surface area contributed by atoms with E-state index >= 15 is 0 Å². The van der Waals surface area contributed by atoms with Crippen molar-refractivity contribution in [1.29, 1.82) is 0 Å². The molecule has 0 unspecified atom stereocenters. The van der Waals surface area contributed by atoms with Crippen molar-refractivity contribution in [2.24, 2.45) is 7.05 Å². The van der Waals surface area contributed by atoms with Crippen LogP contribution in [0.25, 0.3) is 0 Å². The molecule has 0 atom stereocenters. The van der Waals surface area contributed by atoms with E-state index in [-0.39, 0.29) is 5.69 Å². The van der Waals surface area contributed by atoms with E-state index in [0.717, 1.165) is 25.3 Å². The second-order valence-electron chi connectivity index (χ2n) is 8.60. The van der Waals surface area contributed by atoms with Crippen molar-refractivity contribution >= 4 is 5.91 Å². The molecular formula is C24H42F3N3O. The zero-order chi connectivity index (χ0) is 23.0. The van der Waals surface area contributed by atoms with Gasteiger partial charge in [0.05, 0.1) is 0 Å². The van der Waals surface area contributed by atoms with E-state index in [9.17, 15) is 18.0 Å². The molecule has 180 valence electrons. The quantitative estimate of drug-likeness (QED) is 0.239. The lowest BCUT2D eigenvalue weighted by atomic mass is 10.0. The van der Waals surface area contributed by atoms with Crippen LogP contribution in [0.3, 0.4) is 0 Å². The van der Waals surface area contributed by atoms with Crippen LogP contribution in [-0.4, -0.2) is 22.2 Å². The van der Waals surface area contributed by atoms with Crippen LogP contribution in [0.15, 0.2) is 6.07 Å². The molecule has 0 aromatic carbocycles. The smallest absolute Gasteiger partial charge is 0.351 e. The van der Waals surface area contributed by atoms with E-state index in [4.69, 9.17) is 0 Å². The number of aromatic nitrogens is 2. The van der Waals surface area contributed by atoms with Gasteiger partial charge in [0.2, 0.25) is 0 Å². The van der Waals surface area contributed by atoms with Gasteiger partial charge in [-0.3, -0.25) is 9.48 Å². The third-order valence-electron chi connectivity index (χ3n) is 5.72. The maximum Gasteiger partial charge on any atom is 0.433 e. The molecule has 0 saturated carbocycles. The molecule has 1 aromatic heterocycles. The molecule has 1 aromatic rings. The van der Waals surface area contributed by atoms with Gasteiger partial charge in [0, 0.05) is 19.7 Å². The topological polar surface area (TPSA) is 46.9 Å². The van der Waals surface area contributed by atoms with E-state index in [2.05, 4.69) is 17.3 Å². The van der Waals surface area contributed by atoms with Crippen molar-refractivity contribution < 1.29 is 18.0 Å². The van der Waals surface area contributed by atoms with Gasteiger partial charge in [-0.25, -0.2) is 0 Å². The number of rotatable bonds is 18. The van der Waals surface area contributed by atoms with Gasteiger partial charge in [0.1, 0.15) is 5.69 Å². The summed E-state index contributed by atoms with van der Waals surface area (Å²) in [6, 6.07) is 0.795. The van der Waals surface area contributed by atoms with Crippen LogP contribution >= 0.6 is 0 Å². The van der Waals surface area contributed by atoms with Gasteiger partial charge in [-0.15, -0.1) is 0 Å². The molecule has 0 bridgehead atoms. The highest BCUT2D eigenvalue weighted by Crippen LogP contribution is 2.29. The number of amides is 1. The lowest BCUT2D eigenvalue weighted by Crippen LogP contribution is -2.24. The van der Waals surface area contributed by atoms with E-state index < -0.39 is 17.8 Å². The zero-order valence-corrected chi connectivity index (χ0v) is 19.5. The number of aryl methyl sites for hydroxylation is 1. The molecule has 31 heavy (non-hydrogen) atoms. The largest absolute Gasteiger partial charge is 0.433 e. The number of alkyl halides is 3. The summed E-state index contributed by atoms with van der Waals surface area (Å²) in [5.41, 5.74) is -1.11. The van der Waals surface area contributed by atoms with Gasteiger partial charge in [-0.2, -0.15) is 18.3 Å². The van der Waals surface area contributed by atoms with Crippen molar-refractivity contribution in [3.05, 3.63) is 17.5 Å². The molecule has 1 amide bonds. The SMILES string of the molecule is CCCCCCCCCCCCCCCCCCNC(=O)c1cc(C(F)(F)F)n(C)n1. The Hall–Kier alpha value is -1.53. The van der Waals surface area contributed by atoms with Crippen LogP contribution in [-0.2, 0) is 13.2 Å². The number of nitrogens with one attached hydrogen (secondary N) is 1. The molecule has 7 heteroatoms. The molecule has 0 saturated heterocycles. The predicted octanol–water partition coefficient (Wildman–Crippen LogP) is 7.43. The molecule has 1 N–H and O–H groups in total. The van der Waals surface area contributed by atoms with Gasteiger partial charge in [-0.1, -0.05) is 103 Å². The molecule has 1 heterocycles. The number of hydrogen-bond donors (Lipinski definition) is 1. The number of hydrogen-bond acceptors (Lipinski definition) is 2. The molecule has 1 rings (SSSR count). The van der Waals surface area contributed by atoms with E-state index in [1.54, 1.807) is 0 Å². The van der Waals surface area contributed by atoms with E-state index in [1.807, 2.05) is 0 Å². The van der Waals surface area contributed by atoms with Crippen LogP contribution in [0.5, 0.6) is 0 Å². The highest BCUT2D eigenvalue weighted by atomic mass is 19.4. The molecule has 0 spiro atoms. The van der Waals surface area contributed by atoms with Gasteiger partial charge in [0.25, 0.3) is 5.91 Å². The van der Waals surface area contributed by atoms with E-state index in [0.29, 0.717) is 11.2 Å². The summed E-state index contributed by atoms with van der Waals surface area (Å²) in [5, 5.41) is 6.32. The maximum atomic E-state index is 12.8. The molecular weight excluding hydrogens is 403 g/mol. The lowest BCUT2D eigenvalue weighted by molar-refractivity contribution is -0.143. The first-order valence-electron chi connectivity index (χ1n) is 12.3. The maximum absolute atomic E-state index is 12.8. The van der Waals surface area contributed by atoms with Crippen LogP contribution in [0.4, 0.5) is 13.2 Å². The summed E-state index contributed by atoms with van der Waals surface area (Å²) < 4.78 is 39.0. The van der Waals surface area contributed by atoms with Crippen LogP contribution in [0, 0.1) is 0 Å². The number of halogens is 3. The van der Waals surface area contributed by atoms with Crippen LogP contribution in [0.2, 0.25) is 0 Å². The number of nitrogens with zero attached hydrogens (tertiary/aromatic N) is 2. The minimum Gasteiger partial charge on any atom is -0.351 e. The Kier molecular flexibility index (Phi) is 14.3. The van der Waals surface area contributed by atoms with Gasteiger partial charge in [0.15, 0.2) is 5.69 Å². The fourth-order valence-corrected chi connectivity index (χ4v) is 3.81. The highest BCUT2D eigenvalue weighted by molar-refractivity contribution is 5.92. The summed E-state index contributed by atoms with van der Waals surface area (Å²) in [5.74, 6) is -0.549. The first-order valence-corrected chi connectivity index (χ1v) is 12.3. The summed E-state index contributed by atoms with van der Waals surface area (Å²) >= 11 is 0. The fraction of sp³-hybridized carbons (Fsp3) is 0.833. The summed E-state index contributed by atoms with van der Waals surface area (Å²) in [6.07, 6.45) is 16.0. The molecule has 0 radical (unpaired) electrons. The lowest BCUT2D eigenvalue weighted by Gasteiger charge is -2.04. The number of unbranched alkanes of at least 4 members (excludes halogenated alkanes) is 15. The minimum absolute atomic E-state index is 0.189. The van der Waals surface area contributed by atoms with Gasteiger partial charge in [-0.05, 0) is 6.42 Å². The molecule has 0 aliphatic carbocycles. The highest BCUT2D eigenvalue weighted by Gasteiger charge is 2.35. The molecule has 0 fully saturated rings. The van der Waals surface area contributed by atoms with Crippen molar-refractivity contribution in [2.75, 3.05) is 6.54 Å². The van der Waals surface area contributed by atoms with Crippen molar-refractivity contribution in [3.63, 3.8) is 0 Å². The van der Waals surface area contributed by atoms with Crippen LogP contribution in [0.1, 0.15) is 126 Å². The zero-order valence-electron chi connectivity index (χ0n) is 19.5. The van der Waals surface area contributed by atoms with Gasteiger partial charge < -0.3 is 5.32 Å². The van der Waals surface area contributed by atoms with Crippen LogP contribution < -0.4 is 5.32 Å². The Morgan fingerprint density at radius 2 is 1.26 bits per heavy atom. The van der Waals surface area contributed by atoms with Gasteiger partial charge >= 0.3 is 6.18 Å². The normalized spacial score (nSPS) is 11.8. The van der Waals surface area contributed by atoms with Crippen molar-refractivity contribution in [1.82, 2.24) is 15.1 Å². The van der Waals surface area contributed by atoms with E-state index in [1.165, 1.54) is 90.5 Å². The molecule has 0 aliphatic rings. The monoisotopic (exact) mass is 445 g/mol. The summed E-state index contributed by atoms with van der Waals surface area (Å²) in [6.45, 7) is 2.72. The molecule has 0 aliphatic heterocycles. The second kappa shape index (κ2) is 16.2. The average molecular weight is 446 g/mol. The number of carbonyl (C=O) groups excluding carboxylic acids is 1. The second-order valence-corrected chi connectivity index (χ2v) is 8.60. The predicted molar refractivity (Wildman–Crippen MR) is 120 cm³/mol. The third-order valence-corrected chi connectivity index (χ3v) is 5.72. The number of carbonyl (C=O) groups is 1. The Labute approximate surface area is 186 Å². The third kappa shape index (κ3) is 12.8.